The van der Waals surface area contributed by atoms with Crippen LogP contribution in [0.5, 0.6) is 0 Å². The summed E-state index contributed by atoms with van der Waals surface area (Å²) in [7, 11) is 0. The van der Waals surface area contributed by atoms with Crippen LogP contribution in [0.1, 0.15) is 91.9 Å². The number of rotatable bonds is 11. The largest absolute Gasteiger partial charge is 0.0654 e. The molecule has 0 saturated carbocycles. The topological polar surface area (TPSA) is 0 Å². The SMILES string of the molecule is CCCCCC(C)CCC(CC)CCCC. The van der Waals surface area contributed by atoms with E-state index in [1.807, 2.05) is 0 Å². The Morgan fingerprint density at radius 3 is 1.94 bits per heavy atom. The van der Waals surface area contributed by atoms with Crippen molar-refractivity contribution in [2.75, 3.05) is 0 Å². The van der Waals surface area contributed by atoms with Crippen LogP contribution < -0.4 is 0 Å². The average Bonchev–Trinajstić information content (AvgIpc) is 2.30. The molecule has 0 radical (unpaired) electrons. The van der Waals surface area contributed by atoms with E-state index in [2.05, 4.69) is 27.7 Å². The zero-order valence-corrected chi connectivity index (χ0v) is 12.2. The zero-order chi connectivity index (χ0) is 12.2. The van der Waals surface area contributed by atoms with E-state index >= 15 is 0 Å². The predicted octanol–water partition coefficient (Wildman–Crippen LogP) is 6.20. The number of hydrogen-bond donors (Lipinski definition) is 0. The van der Waals surface area contributed by atoms with Crippen molar-refractivity contribution in [3.05, 3.63) is 0 Å². The first-order valence-corrected chi connectivity index (χ1v) is 7.74. The summed E-state index contributed by atoms with van der Waals surface area (Å²) < 4.78 is 0. The predicted molar refractivity (Wildman–Crippen MR) is 75.8 cm³/mol. The molecule has 0 heterocycles. The third kappa shape index (κ3) is 9.24. The Morgan fingerprint density at radius 1 is 0.688 bits per heavy atom. The van der Waals surface area contributed by atoms with Gasteiger partial charge >= 0.3 is 0 Å². The van der Waals surface area contributed by atoms with Crippen LogP contribution in [0.15, 0.2) is 0 Å². The Bertz CT molecular complexity index is 128. The summed E-state index contributed by atoms with van der Waals surface area (Å²) in [5, 5.41) is 0. The van der Waals surface area contributed by atoms with Crippen LogP contribution >= 0.6 is 0 Å². The van der Waals surface area contributed by atoms with E-state index in [1.54, 1.807) is 0 Å². The van der Waals surface area contributed by atoms with Crippen LogP contribution in [0, 0.1) is 11.8 Å². The van der Waals surface area contributed by atoms with Gasteiger partial charge in [0.1, 0.15) is 0 Å². The second kappa shape index (κ2) is 11.5. The lowest BCUT2D eigenvalue weighted by Gasteiger charge is -2.17. The maximum atomic E-state index is 2.45. The standard InChI is InChI=1S/C16H34/c1-5-8-10-11-15(4)13-14-16(7-3)12-9-6-2/h15-16H,5-14H2,1-4H3. The highest BCUT2D eigenvalue weighted by Crippen LogP contribution is 2.23. The van der Waals surface area contributed by atoms with Crippen LogP contribution in [-0.2, 0) is 0 Å². The van der Waals surface area contributed by atoms with Crippen molar-refractivity contribution < 1.29 is 0 Å². The molecule has 0 amide bonds. The minimum Gasteiger partial charge on any atom is -0.0654 e. The molecule has 0 aromatic rings. The first-order chi connectivity index (χ1) is 7.74. The summed E-state index contributed by atoms with van der Waals surface area (Å²) in [6.45, 7) is 9.41. The van der Waals surface area contributed by atoms with E-state index in [0.29, 0.717) is 0 Å². The maximum Gasteiger partial charge on any atom is -0.0417 e. The third-order valence-electron chi connectivity index (χ3n) is 3.91. The fourth-order valence-corrected chi connectivity index (χ4v) is 2.45. The van der Waals surface area contributed by atoms with Gasteiger partial charge in [0.25, 0.3) is 0 Å². The van der Waals surface area contributed by atoms with Crippen LogP contribution in [0.25, 0.3) is 0 Å². The van der Waals surface area contributed by atoms with E-state index in [1.165, 1.54) is 64.2 Å². The molecule has 16 heavy (non-hydrogen) atoms. The fourth-order valence-electron chi connectivity index (χ4n) is 2.45. The Balaban J connectivity index is 3.50. The summed E-state index contributed by atoms with van der Waals surface area (Å²) in [5.74, 6) is 1.97. The van der Waals surface area contributed by atoms with Gasteiger partial charge in [0.2, 0.25) is 0 Å². The molecule has 0 heteroatoms. The van der Waals surface area contributed by atoms with Gasteiger partial charge in [-0.15, -0.1) is 0 Å². The first kappa shape index (κ1) is 16.0. The molecule has 0 aliphatic heterocycles. The third-order valence-corrected chi connectivity index (χ3v) is 3.91. The molecule has 0 aliphatic rings. The van der Waals surface area contributed by atoms with Gasteiger partial charge in [-0.05, 0) is 11.8 Å². The molecule has 0 nitrogen and oxygen atoms in total. The van der Waals surface area contributed by atoms with Gasteiger partial charge in [0, 0.05) is 0 Å². The maximum absolute atomic E-state index is 2.45. The molecule has 2 unspecified atom stereocenters. The zero-order valence-electron chi connectivity index (χ0n) is 12.2. The van der Waals surface area contributed by atoms with Crippen molar-refractivity contribution in [2.45, 2.75) is 91.9 Å². The van der Waals surface area contributed by atoms with E-state index in [0.717, 1.165) is 11.8 Å². The fraction of sp³-hybridized carbons (Fsp3) is 1.00. The second-order valence-electron chi connectivity index (χ2n) is 5.59. The van der Waals surface area contributed by atoms with E-state index < -0.39 is 0 Å². The number of hydrogen-bond acceptors (Lipinski definition) is 0. The van der Waals surface area contributed by atoms with Gasteiger partial charge in [0.15, 0.2) is 0 Å². The van der Waals surface area contributed by atoms with Gasteiger partial charge in [-0.2, -0.15) is 0 Å². The molecular formula is C16H34. The Morgan fingerprint density at radius 2 is 1.38 bits per heavy atom. The van der Waals surface area contributed by atoms with Gasteiger partial charge < -0.3 is 0 Å². The Kier molecular flexibility index (Phi) is 11.5. The monoisotopic (exact) mass is 226 g/mol. The molecule has 98 valence electrons. The van der Waals surface area contributed by atoms with Gasteiger partial charge in [-0.25, -0.2) is 0 Å². The molecule has 0 bridgehead atoms. The molecule has 0 rings (SSSR count). The van der Waals surface area contributed by atoms with E-state index in [9.17, 15) is 0 Å². The van der Waals surface area contributed by atoms with Crippen molar-refractivity contribution in [3.63, 3.8) is 0 Å². The Labute approximate surface area is 104 Å². The highest BCUT2D eigenvalue weighted by molar-refractivity contribution is 4.61. The van der Waals surface area contributed by atoms with Gasteiger partial charge in [-0.1, -0.05) is 91.9 Å². The number of unbranched alkanes of at least 4 members (excludes halogenated alkanes) is 3. The van der Waals surface area contributed by atoms with Crippen LogP contribution in [-0.4, -0.2) is 0 Å². The highest BCUT2D eigenvalue weighted by atomic mass is 14.1. The lowest BCUT2D eigenvalue weighted by molar-refractivity contribution is 0.357. The average molecular weight is 226 g/mol. The summed E-state index contributed by atoms with van der Waals surface area (Å²) in [6.07, 6.45) is 14.3. The summed E-state index contributed by atoms with van der Waals surface area (Å²) in [4.78, 5) is 0. The molecule has 0 aliphatic carbocycles. The van der Waals surface area contributed by atoms with Crippen molar-refractivity contribution in [1.82, 2.24) is 0 Å². The molecule has 0 N–H and O–H groups in total. The van der Waals surface area contributed by atoms with Crippen molar-refractivity contribution in [2.24, 2.45) is 11.8 Å². The van der Waals surface area contributed by atoms with Crippen LogP contribution in [0.4, 0.5) is 0 Å². The van der Waals surface area contributed by atoms with Gasteiger partial charge in [0.05, 0.1) is 0 Å². The molecule has 2 atom stereocenters. The molecule has 0 spiro atoms. The van der Waals surface area contributed by atoms with Crippen molar-refractivity contribution in [1.29, 1.82) is 0 Å². The smallest absolute Gasteiger partial charge is 0.0417 e. The highest BCUT2D eigenvalue weighted by Gasteiger charge is 2.08. The van der Waals surface area contributed by atoms with Crippen molar-refractivity contribution >= 4 is 0 Å². The van der Waals surface area contributed by atoms with Crippen molar-refractivity contribution in [3.8, 4) is 0 Å². The molecule has 0 aromatic heterocycles. The summed E-state index contributed by atoms with van der Waals surface area (Å²) in [5.41, 5.74) is 0. The van der Waals surface area contributed by atoms with Crippen LogP contribution in [0.2, 0.25) is 0 Å². The lowest BCUT2D eigenvalue weighted by atomic mass is 9.89. The molecule has 0 saturated heterocycles. The summed E-state index contributed by atoms with van der Waals surface area (Å²) in [6, 6.07) is 0. The first-order valence-electron chi connectivity index (χ1n) is 7.74. The normalized spacial score (nSPS) is 15.0. The van der Waals surface area contributed by atoms with E-state index in [-0.39, 0.29) is 0 Å². The van der Waals surface area contributed by atoms with E-state index in [4.69, 9.17) is 0 Å². The molecule has 0 aromatic carbocycles. The van der Waals surface area contributed by atoms with Crippen LogP contribution in [0.3, 0.4) is 0 Å². The minimum absolute atomic E-state index is 0.960. The molecule has 0 fully saturated rings. The Hall–Kier alpha value is 0. The lowest BCUT2D eigenvalue weighted by Crippen LogP contribution is -2.03. The second-order valence-corrected chi connectivity index (χ2v) is 5.59. The molecular weight excluding hydrogens is 192 g/mol. The van der Waals surface area contributed by atoms with Gasteiger partial charge in [-0.3, -0.25) is 0 Å². The summed E-state index contributed by atoms with van der Waals surface area (Å²) >= 11 is 0. The quantitative estimate of drug-likeness (QED) is 0.368. The minimum atomic E-state index is 0.960.